The van der Waals surface area contributed by atoms with Gasteiger partial charge in [-0.05, 0) is 12.1 Å². The number of fused-ring (bicyclic) bond motifs is 3. The third-order valence-corrected chi connectivity index (χ3v) is 2.79. The summed E-state index contributed by atoms with van der Waals surface area (Å²) in [6.07, 6.45) is -4.73. The Bertz CT molecular complexity index is 839. The van der Waals surface area contributed by atoms with Crippen molar-refractivity contribution in [3.05, 3.63) is 41.9 Å². The molecule has 5 nitrogen and oxygen atoms in total. The minimum atomic E-state index is -4.73. The van der Waals surface area contributed by atoms with Crippen LogP contribution >= 0.6 is 0 Å². The Hall–Kier alpha value is -2.64. The maximum Gasteiger partial charge on any atom is 0.451 e. The van der Waals surface area contributed by atoms with Crippen molar-refractivity contribution in [1.82, 2.24) is 14.6 Å². The second kappa shape index (κ2) is 3.92. The molecule has 1 N–H and O–H groups in total. The van der Waals surface area contributed by atoms with Gasteiger partial charge in [-0.15, -0.1) is 0 Å². The van der Waals surface area contributed by atoms with Crippen molar-refractivity contribution in [2.75, 3.05) is 0 Å². The summed E-state index contributed by atoms with van der Waals surface area (Å²) in [4.78, 5) is 14.4. The highest BCUT2D eigenvalue weighted by molar-refractivity contribution is 5.96. The van der Waals surface area contributed by atoms with Gasteiger partial charge in [0.1, 0.15) is 0 Å². The molecule has 0 aliphatic heterocycles. The maximum atomic E-state index is 13.0. The molecule has 2 heterocycles. The zero-order valence-corrected chi connectivity index (χ0v) is 9.72. The predicted molar refractivity (Wildman–Crippen MR) is 62.5 cm³/mol. The number of aromatic nitrogens is 3. The molecule has 0 aliphatic rings. The summed E-state index contributed by atoms with van der Waals surface area (Å²) in [5, 5.41) is 12.7. The Morgan fingerprint density at radius 2 is 1.95 bits per heavy atom. The zero-order chi connectivity index (χ0) is 14.5. The summed E-state index contributed by atoms with van der Waals surface area (Å²) in [6, 6.07) is 7.27. The first-order chi connectivity index (χ1) is 9.38. The Labute approximate surface area is 109 Å². The van der Waals surface area contributed by atoms with Gasteiger partial charge in [0.2, 0.25) is 5.82 Å². The fourth-order valence-corrected chi connectivity index (χ4v) is 1.97. The Balaban J connectivity index is 2.51. The first kappa shape index (κ1) is 12.4. The summed E-state index contributed by atoms with van der Waals surface area (Å²) in [5.74, 6) is -2.65. The van der Waals surface area contributed by atoms with E-state index in [1.54, 1.807) is 18.2 Å². The number of nitrogens with zero attached hydrogens (tertiary/aromatic N) is 3. The number of rotatable bonds is 1. The molecule has 0 atom stereocenters. The number of hydrogen-bond donors (Lipinski definition) is 1. The lowest BCUT2D eigenvalue weighted by atomic mass is 10.2. The molecule has 0 unspecified atom stereocenters. The van der Waals surface area contributed by atoms with Crippen LogP contribution in [-0.4, -0.2) is 25.7 Å². The van der Waals surface area contributed by atoms with Gasteiger partial charge in [0.05, 0.1) is 11.0 Å². The Morgan fingerprint density at radius 3 is 2.60 bits per heavy atom. The van der Waals surface area contributed by atoms with Crippen LogP contribution in [0.2, 0.25) is 0 Å². The van der Waals surface area contributed by atoms with E-state index in [1.165, 1.54) is 6.07 Å². The number of carboxylic acids is 1. The highest BCUT2D eigenvalue weighted by Gasteiger charge is 2.37. The van der Waals surface area contributed by atoms with Crippen LogP contribution in [0.15, 0.2) is 30.3 Å². The lowest BCUT2D eigenvalue weighted by Crippen LogP contribution is -2.15. The number of hydrogen-bond acceptors (Lipinski definition) is 3. The molecule has 1 aromatic carbocycles. The fraction of sp³-hybridized carbons (Fsp3) is 0.0833. The maximum absolute atomic E-state index is 13.0. The largest absolute Gasteiger partial charge is 0.476 e. The van der Waals surface area contributed by atoms with E-state index in [1.807, 2.05) is 0 Å². The molecule has 2 aromatic heterocycles. The van der Waals surface area contributed by atoms with Gasteiger partial charge in [-0.2, -0.15) is 18.3 Å². The van der Waals surface area contributed by atoms with E-state index in [0.717, 1.165) is 6.07 Å². The third kappa shape index (κ3) is 1.77. The quantitative estimate of drug-likeness (QED) is 0.744. The number of carbonyl (C=O) groups is 1. The molecule has 0 saturated heterocycles. The molecule has 0 spiro atoms. The summed E-state index contributed by atoms with van der Waals surface area (Å²) in [6.45, 7) is 0. The van der Waals surface area contributed by atoms with Crippen LogP contribution in [0, 0.1) is 0 Å². The number of alkyl halides is 3. The molecule has 3 aromatic rings. The monoisotopic (exact) mass is 281 g/mol. The molecular formula is C12H6F3N3O2. The molecule has 8 heteroatoms. The van der Waals surface area contributed by atoms with Gasteiger partial charge < -0.3 is 5.11 Å². The van der Waals surface area contributed by atoms with Gasteiger partial charge in [0.25, 0.3) is 0 Å². The molecule has 3 rings (SSSR count). The molecule has 102 valence electrons. The number of carboxylic acid groups (broad SMARTS) is 1. The standard InChI is InChI=1S/C12H6F3N3O2/c13-12(14,15)11-16-7-4-2-1-3-6(7)9-5-8(10(19)20)17-18(9)11/h1-5H,(H,19,20). The van der Waals surface area contributed by atoms with Crippen molar-refractivity contribution in [1.29, 1.82) is 0 Å². The summed E-state index contributed by atoms with van der Waals surface area (Å²) in [5.41, 5.74) is -0.279. The molecule has 0 bridgehead atoms. The highest BCUT2D eigenvalue weighted by Crippen LogP contribution is 2.31. The fourth-order valence-electron chi connectivity index (χ4n) is 1.97. The van der Waals surface area contributed by atoms with E-state index < -0.39 is 23.7 Å². The highest BCUT2D eigenvalue weighted by atomic mass is 19.4. The summed E-state index contributed by atoms with van der Waals surface area (Å²) < 4.78 is 39.5. The summed E-state index contributed by atoms with van der Waals surface area (Å²) in [7, 11) is 0. The van der Waals surface area contributed by atoms with Crippen molar-refractivity contribution in [3.8, 4) is 0 Å². The van der Waals surface area contributed by atoms with Crippen LogP contribution in [0.4, 0.5) is 13.2 Å². The van der Waals surface area contributed by atoms with E-state index in [9.17, 15) is 18.0 Å². The molecule has 0 fully saturated rings. The molecular weight excluding hydrogens is 275 g/mol. The van der Waals surface area contributed by atoms with Crippen molar-refractivity contribution >= 4 is 22.4 Å². The van der Waals surface area contributed by atoms with Gasteiger partial charge >= 0.3 is 12.1 Å². The van der Waals surface area contributed by atoms with E-state index in [4.69, 9.17) is 5.11 Å². The Kier molecular flexibility index (Phi) is 2.43. The van der Waals surface area contributed by atoms with E-state index >= 15 is 0 Å². The van der Waals surface area contributed by atoms with Gasteiger partial charge in [-0.3, -0.25) is 0 Å². The first-order valence-electron chi connectivity index (χ1n) is 5.47. The molecule has 0 saturated carbocycles. The summed E-state index contributed by atoms with van der Waals surface area (Å²) >= 11 is 0. The SMILES string of the molecule is O=C(O)c1cc2c3ccccc3nc(C(F)(F)F)n2n1. The van der Waals surface area contributed by atoms with Gasteiger partial charge in [-0.25, -0.2) is 14.3 Å². The second-order valence-corrected chi connectivity index (χ2v) is 4.08. The van der Waals surface area contributed by atoms with Gasteiger partial charge in [0, 0.05) is 5.39 Å². The number of benzene rings is 1. The lowest BCUT2D eigenvalue weighted by Gasteiger charge is -2.09. The van der Waals surface area contributed by atoms with Gasteiger partial charge in [0.15, 0.2) is 5.69 Å². The van der Waals surface area contributed by atoms with Crippen molar-refractivity contribution in [2.24, 2.45) is 0 Å². The smallest absolute Gasteiger partial charge is 0.451 e. The molecule has 0 amide bonds. The molecule has 20 heavy (non-hydrogen) atoms. The third-order valence-electron chi connectivity index (χ3n) is 2.79. The zero-order valence-electron chi connectivity index (χ0n) is 9.72. The normalized spacial score (nSPS) is 12.2. The van der Waals surface area contributed by atoms with Crippen molar-refractivity contribution in [3.63, 3.8) is 0 Å². The first-order valence-corrected chi connectivity index (χ1v) is 5.47. The average Bonchev–Trinajstić information content (AvgIpc) is 2.81. The van der Waals surface area contributed by atoms with Crippen molar-refractivity contribution in [2.45, 2.75) is 6.18 Å². The minimum Gasteiger partial charge on any atom is -0.476 e. The minimum absolute atomic E-state index is 0.0559. The van der Waals surface area contributed by atoms with Crippen LogP contribution in [0.3, 0.4) is 0 Å². The van der Waals surface area contributed by atoms with E-state index in [-0.39, 0.29) is 11.0 Å². The number of para-hydroxylation sites is 1. The Morgan fingerprint density at radius 1 is 1.25 bits per heavy atom. The second-order valence-electron chi connectivity index (χ2n) is 4.08. The van der Waals surface area contributed by atoms with Crippen LogP contribution < -0.4 is 0 Å². The van der Waals surface area contributed by atoms with Crippen LogP contribution in [0.1, 0.15) is 16.3 Å². The van der Waals surface area contributed by atoms with Crippen LogP contribution in [0.5, 0.6) is 0 Å². The molecule has 0 radical (unpaired) electrons. The number of aromatic carboxylic acids is 1. The average molecular weight is 281 g/mol. The lowest BCUT2D eigenvalue weighted by molar-refractivity contribution is -0.146. The topological polar surface area (TPSA) is 67.5 Å². The van der Waals surface area contributed by atoms with Crippen molar-refractivity contribution < 1.29 is 23.1 Å². The van der Waals surface area contributed by atoms with E-state index in [2.05, 4.69) is 10.1 Å². The van der Waals surface area contributed by atoms with Crippen LogP contribution in [-0.2, 0) is 6.18 Å². The van der Waals surface area contributed by atoms with Gasteiger partial charge in [-0.1, -0.05) is 18.2 Å². The van der Waals surface area contributed by atoms with Crippen LogP contribution in [0.25, 0.3) is 16.4 Å². The number of halogens is 3. The predicted octanol–water partition coefficient (Wildman–Crippen LogP) is 2.60. The van der Waals surface area contributed by atoms with E-state index in [0.29, 0.717) is 9.90 Å². The molecule has 0 aliphatic carbocycles.